The van der Waals surface area contributed by atoms with Crippen LogP contribution in [-0.2, 0) is 9.84 Å². The fourth-order valence-electron chi connectivity index (χ4n) is 3.41. The molecular weight excluding hydrogens is 334 g/mol. The number of nitrogens with zero attached hydrogens (tertiary/aromatic N) is 1. The molecule has 0 saturated carbocycles. The maximum absolute atomic E-state index is 12.5. The summed E-state index contributed by atoms with van der Waals surface area (Å²) in [4.78, 5) is 2.70. The summed E-state index contributed by atoms with van der Waals surface area (Å²) in [6.07, 6.45) is 2.17. The second-order valence-electron chi connectivity index (χ2n) is 6.33. The van der Waals surface area contributed by atoms with Crippen molar-refractivity contribution in [3.63, 3.8) is 0 Å². The van der Waals surface area contributed by atoms with Crippen LogP contribution in [0.1, 0.15) is 31.4 Å². The molecule has 3 rings (SSSR count). The molecule has 1 saturated heterocycles. The second-order valence-corrected chi connectivity index (χ2v) is 8.44. The van der Waals surface area contributed by atoms with E-state index >= 15 is 0 Å². The second kappa shape index (κ2) is 8.02. The van der Waals surface area contributed by atoms with Gasteiger partial charge < -0.3 is 4.74 Å². The highest BCUT2D eigenvalue weighted by molar-refractivity contribution is 7.91. The van der Waals surface area contributed by atoms with Crippen molar-refractivity contribution in [3.8, 4) is 5.75 Å². The molecule has 0 N–H and O–H groups in total. The molecule has 5 heteroatoms. The first-order valence-electron chi connectivity index (χ1n) is 8.85. The average molecular weight is 359 g/mol. The maximum atomic E-state index is 12.5. The van der Waals surface area contributed by atoms with Gasteiger partial charge in [-0.1, -0.05) is 30.3 Å². The molecule has 1 unspecified atom stereocenters. The van der Waals surface area contributed by atoms with E-state index in [4.69, 9.17) is 4.74 Å². The Morgan fingerprint density at radius 3 is 2.48 bits per heavy atom. The van der Waals surface area contributed by atoms with Crippen molar-refractivity contribution in [1.82, 2.24) is 4.90 Å². The molecule has 1 aliphatic heterocycles. The van der Waals surface area contributed by atoms with E-state index in [0.29, 0.717) is 24.1 Å². The fourth-order valence-corrected chi connectivity index (χ4v) is 4.69. The van der Waals surface area contributed by atoms with Crippen molar-refractivity contribution in [1.29, 1.82) is 0 Å². The van der Waals surface area contributed by atoms with Gasteiger partial charge in [-0.15, -0.1) is 0 Å². The Kier molecular flexibility index (Phi) is 5.76. The predicted molar refractivity (Wildman–Crippen MR) is 99.7 cm³/mol. The number of likely N-dealkylation sites (tertiary alicyclic amines) is 1. The summed E-state index contributed by atoms with van der Waals surface area (Å²) < 4.78 is 30.5. The molecule has 2 aromatic rings. The third-order valence-electron chi connectivity index (χ3n) is 4.69. The molecule has 1 atom stereocenters. The number of hydrogen-bond acceptors (Lipinski definition) is 4. The molecule has 1 aliphatic rings. The van der Waals surface area contributed by atoms with Crippen molar-refractivity contribution in [2.24, 2.45) is 0 Å². The molecule has 2 aromatic carbocycles. The van der Waals surface area contributed by atoms with E-state index in [1.54, 1.807) is 24.3 Å². The van der Waals surface area contributed by atoms with Crippen LogP contribution in [0.5, 0.6) is 5.75 Å². The van der Waals surface area contributed by atoms with E-state index < -0.39 is 9.84 Å². The molecule has 1 fully saturated rings. The van der Waals surface area contributed by atoms with Gasteiger partial charge in [-0.2, -0.15) is 0 Å². The van der Waals surface area contributed by atoms with Crippen LogP contribution in [0.4, 0.5) is 0 Å². The summed E-state index contributed by atoms with van der Waals surface area (Å²) in [5, 5.41) is 0. The van der Waals surface area contributed by atoms with E-state index in [9.17, 15) is 8.42 Å². The van der Waals surface area contributed by atoms with Gasteiger partial charge in [0.05, 0.1) is 17.3 Å². The van der Waals surface area contributed by atoms with Gasteiger partial charge in [-0.3, -0.25) is 4.90 Å². The van der Waals surface area contributed by atoms with Crippen LogP contribution in [-0.4, -0.2) is 38.8 Å². The third kappa shape index (κ3) is 4.41. The Hall–Kier alpha value is -1.85. The lowest BCUT2D eigenvalue weighted by molar-refractivity contribution is 0.272. The smallest absolute Gasteiger partial charge is 0.179 e. The van der Waals surface area contributed by atoms with Crippen LogP contribution in [0, 0.1) is 0 Å². The molecule has 0 amide bonds. The zero-order valence-electron chi connectivity index (χ0n) is 14.6. The summed E-state index contributed by atoms with van der Waals surface area (Å²) in [5.41, 5.74) is 1.23. The Morgan fingerprint density at radius 1 is 1.08 bits per heavy atom. The monoisotopic (exact) mass is 359 g/mol. The van der Waals surface area contributed by atoms with Gasteiger partial charge in [0.15, 0.2) is 9.84 Å². The summed E-state index contributed by atoms with van der Waals surface area (Å²) in [5.74, 6) is 1.03. The van der Waals surface area contributed by atoms with E-state index in [1.165, 1.54) is 5.56 Å². The molecule has 0 aromatic heterocycles. The van der Waals surface area contributed by atoms with Crippen LogP contribution >= 0.6 is 0 Å². The first kappa shape index (κ1) is 18.0. The summed E-state index contributed by atoms with van der Waals surface area (Å²) in [6, 6.07) is 17.2. The SMILES string of the molecule is CCOc1ccc(C2CCCN2CCS(=O)(=O)c2ccccc2)cc1. The summed E-state index contributed by atoms with van der Waals surface area (Å²) in [6.45, 7) is 4.14. The normalized spacial score (nSPS) is 18.4. The minimum Gasteiger partial charge on any atom is -0.494 e. The number of rotatable bonds is 7. The molecule has 0 bridgehead atoms. The van der Waals surface area contributed by atoms with Crippen molar-refractivity contribution in [2.75, 3.05) is 25.4 Å². The molecule has 4 nitrogen and oxygen atoms in total. The quantitative estimate of drug-likeness (QED) is 0.756. The van der Waals surface area contributed by atoms with Crippen LogP contribution in [0.2, 0.25) is 0 Å². The van der Waals surface area contributed by atoms with Crippen molar-refractivity contribution in [3.05, 3.63) is 60.2 Å². The Labute approximate surface area is 150 Å². The van der Waals surface area contributed by atoms with E-state index in [2.05, 4.69) is 17.0 Å². The Balaban J connectivity index is 1.66. The number of ether oxygens (including phenoxy) is 1. The average Bonchev–Trinajstić information content (AvgIpc) is 3.10. The highest BCUT2D eigenvalue weighted by Crippen LogP contribution is 2.32. The first-order chi connectivity index (χ1) is 12.1. The van der Waals surface area contributed by atoms with Gasteiger partial charge >= 0.3 is 0 Å². The molecule has 0 radical (unpaired) electrons. The van der Waals surface area contributed by atoms with Gasteiger partial charge in [-0.25, -0.2) is 8.42 Å². The molecule has 0 spiro atoms. The Morgan fingerprint density at radius 2 is 1.80 bits per heavy atom. The first-order valence-corrected chi connectivity index (χ1v) is 10.5. The van der Waals surface area contributed by atoms with Gasteiger partial charge in [0, 0.05) is 12.6 Å². The van der Waals surface area contributed by atoms with Crippen molar-refractivity contribution >= 4 is 9.84 Å². The molecule has 25 heavy (non-hydrogen) atoms. The van der Waals surface area contributed by atoms with Gasteiger partial charge in [0.1, 0.15) is 5.75 Å². The molecule has 1 heterocycles. The van der Waals surface area contributed by atoms with Gasteiger partial charge in [0.25, 0.3) is 0 Å². The fraction of sp³-hybridized carbons (Fsp3) is 0.400. The minimum atomic E-state index is -3.23. The molecule has 134 valence electrons. The van der Waals surface area contributed by atoms with E-state index in [1.807, 2.05) is 25.1 Å². The van der Waals surface area contributed by atoms with Gasteiger partial charge in [-0.05, 0) is 56.1 Å². The summed E-state index contributed by atoms with van der Waals surface area (Å²) >= 11 is 0. The van der Waals surface area contributed by atoms with Crippen LogP contribution in [0.15, 0.2) is 59.5 Å². The largest absolute Gasteiger partial charge is 0.494 e. The van der Waals surface area contributed by atoms with Crippen molar-refractivity contribution in [2.45, 2.75) is 30.7 Å². The predicted octanol–water partition coefficient (Wildman–Crippen LogP) is 3.70. The van der Waals surface area contributed by atoms with Crippen molar-refractivity contribution < 1.29 is 13.2 Å². The molecule has 0 aliphatic carbocycles. The number of sulfone groups is 1. The van der Waals surface area contributed by atoms with Crippen LogP contribution < -0.4 is 4.74 Å². The van der Waals surface area contributed by atoms with E-state index in [0.717, 1.165) is 25.1 Å². The highest BCUT2D eigenvalue weighted by atomic mass is 32.2. The van der Waals surface area contributed by atoms with Crippen LogP contribution in [0.3, 0.4) is 0 Å². The lowest BCUT2D eigenvalue weighted by atomic mass is 10.0. The highest BCUT2D eigenvalue weighted by Gasteiger charge is 2.27. The lowest BCUT2D eigenvalue weighted by Crippen LogP contribution is -2.29. The lowest BCUT2D eigenvalue weighted by Gasteiger charge is -2.25. The number of benzene rings is 2. The summed E-state index contributed by atoms with van der Waals surface area (Å²) in [7, 11) is -3.23. The molecular formula is C20H25NO3S. The zero-order valence-corrected chi connectivity index (χ0v) is 15.4. The Bertz CT molecular complexity index is 772. The van der Waals surface area contributed by atoms with Crippen LogP contribution in [0.25, 0.3) is 0 Å². The third-order valence-corrected chi connectivity index (χ3v) is 6.40. The zero-order chi connectivity index (χ0) is 17.7. The maximum Gasteiger partial charge on any atom is 0.179 e. The minimum absolute atomic E-state index is 0.157. The van der Waals surface area contributed by atoms with Gasteiger partial charge in [0.2, 0.25) is 0 Å². The number of hydrogen-bond donors (Lipinski definition) is 0. The topological polar surface area (TPSA) is 46.6 Å². The van der Waals surface area contributed by atoms with E-state index in [-0.39, 0.29) is 5.75 Å². The standard InChI is InChI=1S/C20H25NO3S/c1-2-24-18-12-10-17(11-13-18)20-9-6-14-21(20)15-16-25(22,23)19-7-4-3-5-8-19/h3-5,7-8,10-13,20H,2,6,9,14-16H2,1H3.